The second-order valence-corrected chi connectivity index (χ2v) is 9.78. The lowest BCUT2D eigenvalue weighted by molar-refractivity contribution is -0.123. The summed E-state index contributed by atoms with van der Waals surface area (Å²) in [7, 11) is 0. The van der Waals surface area contributed by atoms with Gasteiger partial charge in [-0.05, 0) is 53.7 Å². The van der Waals surface area contributed by atoms with Crippen LogP contribution < -0.4 is 4.74 Å². The van der Waals surface area contributed by atoms with Gasteiger partial charge in [-0.2, -0.15) is 0 Å². The van der Waals surface area contributed by atoms with Gasteiger partial charge in [-0.25, -0.2) is 0 Å². The standard InChI is InChI=1S/C27H20Cl2N2O3S/c28-22-11-10-18(14-23(22)29)16-31-26(32)25(35-27(31)33)15-19-17-30(24-9-5-4-8-21(19)24)12-13-34-20-6-2-1-3-7-20/h1-11,14-15,17H,12-13,16H2/b25-15-. The Hall–Kier alpha value is -3.19. The molecule has 0 atom stereocenters. The zero-order chi connectivity index (χ0) is 24.4. The van der Waals surface area contributed by atoms with E-state index in [1.165, 1.54) is 4.90 Å². The summed E-state index contributed by atoms with van der Waals surface area (Å²) >= 11 is 13.0. The monoisotopic (exact) mass is 522 g/mol. The third kappa shape index (κ3) is 5.10. The highest BCUT2D eigenvalue weighted by Gasteiger charge is 2.35. The van der Waals surface area contributed by atoms with Crippen molar-refractivity contribution in [1.29, 1.82) is 0 Å². The maximum Gasteiger partial charge on any atom is 0.293 e. The molecule has 0 saturated carbocycles. The van der Waals surface area contributed by atoms with E-state index in [1.807, 2.05) is 60.8 Å². The SMILES string of the molecule is O=C1S/C(=C\c2cn(CCOc3ccccc3)c3ccccc23)C(=O)N1Cc1ccc(Cl)c(Cl)c1. The summed E-state index contributed by atoms with van der Waals surface area (Å²) < 4.78 is 7.96. The molecular formula is C27H20Cl2N2O3S. The number of aromatic nitrogens is 1. The molecule has 1 aromatic heterocycles. The quantitative estimate of drug-likeness (QED) is 0.239. The summed E-state index contributed by atoms with van der Waals surface area (Å²) in [5, 5.41) is 1.50. The van der Waals surface area contributed by atoms with Crippen molar-refractivity contribution >= 4 is 63.1 Å². The Morgan fingerprint density at radius 3 is 2.49 bits per heavy atom. The van der Waals surface area contributed by atoms with Gasteiger partial charge in [-0.15, -0.1) is 0 Å². The zero-order valence-electron chi connectivity index (χ0n) is 18.5. The smallest absolute Gasteiger partial charge is 0.293 e. The van der Waals surface area contributed by atoms with Gasteiger partial charge in [0.05, 0.1) is 28.0 Å². The zero-order valence-corrected chi connectivity index (χ0v) is 20.8. The Morgan fingerprint density at radius 1 is 0.914 bits per heavy atom. The predicted octanol–water partition coefficient (Wildman–Crippen LogP) is 7.26. The normalized spacial score (nSPS) is 14.9. The second kappa shape index (κ2) is 10.2. The number of amides is 2. The van der Waals surface area contributed by atoms with Gasteiger partial charge in [0.15, 0.2) is 0 Å². The van der Waals surface area contributed by atoms with E-state index in [-0.39, 0.29) is 17.7 Å². The maximum atomic E-state index is 13.1. The highest BCUT2D eigenvalue weighted by atomic mass is 35.5. The average Bonchev–Trinajstić information content (AvgIpc) is 3.34. The summed E-state index contributed by atoms with van der Waals surface area (Å²) in [5.41, 5.74) is 2.64. The Bertz CT molecular complexity index is 1450. The van der Waals surface area contributed by atoms with Crippen LogP contribution in [0.4, 0.5) is 4.79 Å². The Kier molecular flexibility index (Phi) is 6.86. The van der Waals surface area contributed by atoms with Crippen molar-refractivity contribution in [1.82, 2.24) is 9.47 Å². The molecule has 0 N–H and O–H groups in total. The van der Waals surface area contributed by atoms with E-state index in [0.29, 0.717) is 28.1 Å². The molecular weight excluding hydrogens is 503 g/mol. The topological polar surface area (TPSA) is 51.5 Å². The van der Waals surface area contributed by atoms with Gasteiger partial charge in [-0.1, -0.05) is 65.7 Å². The van der Waals surface area contributed by atoms with Gasteiger partial charge in [0, 0.05) is 22.7 Å². The fraction of sp³-hybridized carbons (Fsp3) is 0.111. The Morgan fingerprint density at radius 2 is 1.69 bits per heavy atom. The third-order valence-electron chi connectivity index (χ3n) is 5.65. The first-order chi connectivity index (χ1) is 17.0. The number of nitrogens with zero attached hydrogens (tertiary/aromatic N) is 2. The minimum atomic E-state index is -0.324. The Labute approximate surface area is 216 Å². The van der Waals surface area contributed by atoms with E-state index in [1.54, 1.807) is 24.3 Å². The number of carbonyl (C=O) groups is 2. The fourth-order valence-electron chi connectivity index (χ4n) is 3.95. The van der Waals surface area contributed by atoms with Crippen molar-refractivity contribution in [3.8, 4) is 5.75 Å². The number of hydrogen-bond acceptors (Lipinski definition) is 4. The molecule has 5 rings (SSSR count). The lowest BCUT2D eigenvalue weighted by atomic mass is 10.1. The molecule has 35 heavy (non-hydrogen) atoms. The lowest BCUT2D eigenvalue weighted by Crippen LogP contribution is -2.27. The number of para-hydroxylation sites is 2. The minimum Gasteiger partial charge on any atom is -0.492 e. The minimum absolute atomic E-state index is 0.136. The summed E-state index contributed by atoms with van der Waals surface area (Å²) in [6, 6.07) is 22.7. The molecule has 2 amide bonds. The number of carbonyl (C=O) groups excluding carboxylic acids is 2. The number of imide groups is 1. The van der Waals surface area contributed by atoms with Crippen molar-refractivity contribution in [3.63, 3.8) is 0 Å². The first-order valence-electron chi connectivity index (χ1n) is 10.9. The molecule has 0 unspecified atom stereocenters. The van der Waals surface area contributed by atoms with Crippen LogP contribution in [0.2, 0.25) is 10.0 Å². The number of rotatable bonds is 7. The Balaban J connectivity index is 1.36. The van der Waals surface area contributed by atoms with Crippen molar-refractivity contribution in [2.75, 3.05) is 6.61 Å². The van der Waals surface area contributed by atoms with Gasteiger partial charge in [0.25, 0.3) is 11.1 Å². The number of ether oxygens (including phenoxy) is 1. The van der Waals surface area contributed by atoms with Gasteiger partial charge in [-0.3, -0.25) is 14.5 Å². The molecule has 1 saturated heterocycles. The largest absolute Gasteiger partial charge is 0.492 e. The number of hydrogen-bond donors (Lipinski definition) is 0. The molecule has 1 fully saturated rings. The van der Waals surface area contributed by atoms with E-state index in [2.05, 4.69) is 4.57 Å². The number of halogens is 2. The van der Waals surface area contributed by atoms with Crippen LogP contribution in [-0.2, 0) is 17.9 Å². The lowest BCUT2D eigenvalue weighted by Gasteiger charge is -2.12. The summed E-state index contributed by atoms with van der Waals surface area (Å²) in [5.74, 6) is 0.496. The number of benzene rings is 3. The highest BCUT2D eigenvalue weighted by molar-refractivity contribution is 8.18. The number of fused-ring (bicyclic) bond motifs is 1. The predicted molar refractivity (Wildman–Crippen MR) is 142 cm³/mol. The molecule has 0 spiro atoms. The summed E-state index contributed by atoms with van der Waals surface area (Å²) in [4.78, 5) is 27.3. The second-order valence-electron chi connectivity index (χ2n) is 7.97. The number of thioether (sulfide) groups is 1. The molecule has 0 radical (unpaired) electrons. The molecule has 1 aliphatic rings. The van der Waals surface area contributed by atoms with Crippen molar-refractivity contribution in [2.24, 2.45) is 0 Å². The van der Waals surface area contributed by atoms with E-state index >= 15 is 0 Å². The van der Waals surface area contributed by atoms with Crippen LogP contribution in [0.3, 0.4) is 0 Å². The van der Waals surface area contributed by atoms with Crippen molar-refractivity contribution in [3.05, 3.63) is 105 Å². The van der Waals surface area contributed by atoms with Crippen LogP contribution in [0.1, 0.15) is 11.1 Å². The van der Waals surface area contributed by atoms with E-state index in [0.717, 1.165) is 39.5 Å². The van der Waals surface area contributed by atoms with E-state index < -0.39 is 0 Å². The summed E-state index contributed by atoms with van der Waals surface area (Å²) in [6.07, 6.45) is 3.78. The van der Waals surface area contributed by atoms with Crippen molar-refractivity contribution in [2.45, 2.75) is 13.1 Å². The molecule has 8 heteroatoms. The van der Waals surface area contributed by atoms with Crippen LogP contribution in [0.15, 0.2) is 83.9 Å². The third-order valence-corrected chi connectivity index (χ3v) is 7.29. The first-order valence-corrected chi connectivity index (χ1v) is 12.5. The average molecular weight is 523 g/mol. The van der Waals surface area contributed by atoms with E-state index in [4.69, 9.17) is 27.9 Å². The fourth-order valence-corrected chi connectivity index (χ4v) is 5.10. The van der Waals surface area contributed by atoms with E-state index in [9.17, 15) is 9.59 Å². The van der Waals surface area contributed by atoms with Crippen LogP contribution >= 0.6 is 35.0 Å². The summed E-state index contributed by atoms with van der Waals surface area (Å²) in [6.45, 7) is 1.28. The van der Waals surface area contributed by atoms with Crippen LogP contribution in [-0.4, -0.2) is 27.2 Å². The van der Waals surface area contributed by atoms with Gasteiger partial charge in [0.1, 0.15) is 12.4 Å². The molecule has 3 aromatic carbocycles. The van der Waals surface area contributed by atoms with Gasteiger partial charge < -0.3 is 9.30 Å². The van der Waals surface area contributed by atoms with Crippen LogP contribution in [0, 0.1) is 0 Å². The molecule has 0 aliphatic carbocycles. The first kappa shape index (κ1) is 23.5. The molecule has 0 bridgehead atoms. The van der Waals surface area contributed by atoms with Gasteiger partial charge >= 0.3 is 0 Å². The van der Waals surface area contributed by atoms with Crippen LogP contribution in [0.5, 0.6) is 5.75 Å². The molecule has 5 nitrogen and oxygen atoms in total. The van der Waals surface area contributed by atoms with Crippen molar-refractivity contribution < 1.29 is 14.3 Å². The maximum absolute atomic E-state index is 13.1. The molecule has 176 valence electrons. The highest BCUT2D eigenvalue weighted by Crippen LogP contribution is 2.35. The molecule has 4 aromatic rings. The molecule has 2 heterocycles. The van der Waals surface area contributed by atoms with Crippen LogP contribution in [0.25, 0.3) is 17.0 Å². The van der Waals surface area contributed by atoms with Gasteiger partial charge in [0.2, 0.25) is 0 Å². The molecule has 1 aliphatic heterocycles.